The molecule has 1 aromatic carbocycles. The number of urea groups is 1. The summed E-state index contributed by atoms with van der Waals surface area (Å²) in [6.45, 7) is 7.06. The second-order valence-corrected chi connectivity index (χ2v) is 5.97. The number of nitrogens with zero attached hydrogens (tertiary/aromatic N) is 3. The maximum atomic E-state index is 12.2. The summed E-state index contributed by atoms with van der Waals surface area (Å²) in [5, 5.41) is 23.8. The van der Waals surface area contributed by atoms with Crippen LogP contribution in [0.25, 0.3) is 11.4 Å². The molecule has 3 N–H and O–H groups in total. The lowest BCUT2D eigenvalue weighted by Gasteiger charge is -2.20. The number of nitrogens with one attached hydrogen (secondary N) is 2. The van der Waals surface area contributed by atoms with Crippen LogP contribution in [0.1, 0.15) is 33.6 Å². The topological polar surface area (TPSA) is 92.1 Å². The Morgan fingerprint density at radius 2 is 1.96 bits per heavy atom. The second-order valence-electron chi connectivity index (χ2n) is 5.97. The largest absolute Gasteiger partial charge is 0.391 e. The number of hydrogen-bond donors (Lipinski definition) is 3. The Morgan fingerprint density at radius 1 is 1.24 bits per heavy atom. The Bertz CT molecular complexity index is 682. The number of amides is 2. The van der Waals surface area contributed by atoms with Crippen LogP contribution in [0.5, 0.6) is 0 Å². The summed E-state index contributed by atoms with van der Waals surface area (Å²) in [6.07, 6.45) is 2.89. The van der Waals surface area contributed by atoms with Gasteiger partial charge in [-0.15, -0.1) is 10.2 Å². The highest BCUT2D eigenvalue weighted by atomic mass is 16.3. The molecule has 0 fully saturated rings. The molecule has 7 heteroatoms. The molecule has 1 atom stereocenters. The summed E-state index contributed by atoms with van der Waals surface area (Å²) < 4.78 is 1.91. The van der Waals surface area contributed by atoms with Gasteiger partial charge in [-0.2, -0.15) is 0 Å². The molecule has 0 aliphatic heterocycles. The molecule has 0 spiro atoms. The van der Waals surface area contributed by atoms with E-state index in [0.717, 1.165) is 24.9 Å². The van der Waals surface area contributed by atoms with E-state index in [0.29, 0.717) is 11.5 Å². The zero-order valence-electron chi connectivity index (χ0n) is 15.1. The first-order chi connectivity index (χ1) is 12.1. The maximum Gasteiger partial charge on any atom is 0.319 e. The van der Waals surface area contributed by atoms with Crippen molar-refractivity contribution in [3.8, 4) is 11.4 Å². The Labute approximate surface area is 148 Å². The standard InChI is InChI=1S/C18H27N5O2/c1-4-13(5-2)16(24)11-19-18(25)21-15-10-8-7-9-14(15)17-22-20-12-23(17)6-3/h7-10,12-13,16,24H,4-6,11H2,1-3H3,(H2,19,21,25). The molecule has 25 heavy (non-hydrogen) atoms. The maximum absolute atomic E-state index is 12.2. The zero-order valence-corrected chi connectivity index (χ0v) is 15.1. The van der Waals surface area contributed by atoms with Crippen LogP contribution in [0.4, 0.5) is 10.5 Å². The minimum absolute atomic E-state index is 0.190. The van der Waals surface area contributed by atoms with Gasteiger partial charge in [0.05, 0.1) is 11.8 Å². The monoisotopic (exact) mass is 345 g/mol. The van der Waals surface area contributed by atoms with Gasteiger partial charge >= 0.3 is 6.03 Å². The van der Waals surface area contributed by atoms with Crippen LogP contribution in [0.2, 0.25) is 0 Å². The number of carbonyl (C=O) groups is 1. The number of rotatable bonds is 8. The van der Waals surface area contributed by atoms with E-state index in [9.17, 15) is 9.90 Å². The molecule has 0 radical (unpaired) electrons. The van der Waals surface area contributed by atoms with Crippen LogP contribution in [-0.2, 0) is 6.54 Å². The van der Waals surface area contributed by atoms with Gasteiger partial charge in [0.25, 0.3) is 0 Å². The second kappa shape index (κ2) is 9.17. The number of aryl methyl sites for hydroxylation is 1. The summed E-state index contributed by atoms with van der Waals surface area (Å²) in [5.74, 6) is 0.895. The normalized spacial score (nSPS) is 12.2. The number of aromatic nitrogens is 3. The van der Waals surface area contributed by atoms with Gasteiger partial charge in [0.1, 0.15) is 6.33 Å². The lowest BCUT2D eigenvalue weighted by Crippen LogP contribution is -2.38. The van der Waals surface area contributed by atoms with Gasteiger partial charge in [-0.1, -0.05) is 38.8 Å². The number of carbonyl (C=O) groups excluding carboxylic acids is 1. The smallest absolute Gasteiger partial charge is 0.319 e. The highest BCUT2D eigenvalue weighted by molar-refractivity contribution is 5.93. The molecular formula is C18H27N5O2. The van der Waals surface area contributed by atoms with E-state index in [-0.39, 0.29) is 18.5 Å². The van der Waals surface area contributed by atoms with Gasteiger partial charge in [-0.3, -0.25) is 0 Å². The highest BCUT2D eigenvalue weighted by Gasteiger charge is 2.17. The molecule has 2 rings (SSSR count). The summed E-state index contributed by atoms with van der Waals surface area (Å²) in [6, 6.07) is 7.11. The van der Waals surface area contributed by atoms with Crippen LogP contribution in [0, 0.1) is 5.92 Å². The molecule has 1 aromatic heterocycles. The molecule has 136 valence electrons. The van der Waals surface area contributed by atoms with Gasteiger partial charge in [0.2, 0.25) is 0 Å². The van der Waals surface area contributed by atoms with Gasteiger partial charge in [0, 0.05) is 18.7 Å². The first-order valence-corrected chi connectivity index (χ1v) is 8.80. The molecule has 0 saturated carbocycles. The Kier molecular flexibility index (Phi) is 6.94. The van der Waals surface area contributed by atoms with E-state index in [1.807, 2.05) is 49.6 Å². The third-order valence-corrected chi connectivity index (χ3v) is 4.44. The molecule has 7 nitrogen and oxygen atoms in total. The summed E-state index contributed by atoms with van der Waals surface area (Å²) in [7, 11) is 0. The number of benzene rings is 1. The Balaban J connectivity index is 2.05. The molecule has 1 unspecified atom stereocenters. The minimum atomic E-state index is -0.542. The fourth-order valence-electron chi connectivity index (χ4n) is 2.85. The number of para-hydroxylation sites is 1. The molecule has 0 bridgehead atoms. The molecule has 1 heterocycles. The van der Waals surface area contributed by atoms with Gasteiger partial charge in [-0.05, 0) is 25.0 Å². The quantitative estimate of drug-likeness (QED) is 0.686. The van der Waals surface area contributed by atoms with E-state index in [1.165, 1.54) is 0 Å². The van der Waals surface area contributed by atoms with Crippen molar-refractivity contribution in [2.24, 2.45) is 5.92 Å². The van der Waals surface area contributed by atoms with Crippen molar-refractivity contribution >= 4 is 11.7 Å². The first-order valence-electron chi connectivity index (χ1n) is 8.80. The number of aliphatic hydroxyl groups is 1. The fraction of sp³-hybridized carbons (Fsp3) is 0.500. The first kappa shape index (κ1) is 18.9. The molecule has 0 aliphatic rings. The Morgan fingerprint density at radius 3 is 2.64 bits per heavy atom. The average Bonchev–Trinajstić information content (AvgIpc) is 3.10. The van der Waals surface area contributed by atoms with E-state index in [2.05, 4.69) is 20.8 Å². The van der Waals surface area contributed by atoms with Crippen LogP contribution < -0.4 is 10.6 Å². The predicted molar refractivity (Wildman–Crippen MR) is 98.2 cm³/mol. The van der Waals surface area contributed by atoms with Crippen molar-refractivity contribution in [2.45, 2.75) is 46.3 Å². The lowest BCUT2D eigenvalue weighted by atomic mass is 9.97. The van der Waals surface area contributed by atoms with Crippen molar-refractivity contribution in [1.29, 1.82) is 0 Å². The van der Waals surface area contributed by atoms with Crippen LogP contribution >= 0.6 is 0 Å². The third kappa shape index (κ3) is 4.79. The summed E-state index contributed by atoms with van der Waals surface area (Å²) in [5.41, 5.74) is 1.46. The fourth-order valence-corrected chi connectivity index (χ4v) is 2.85. The highest BCUT2D eigenvalue weighted by Crippen LogP contribution is 2.26. The van der Waals surface area contributed by atoms with Crippen LogP contribution in [-0.4, -0.2) is 38.6 Å². The van der Waals surface area contributed by atoms with E-state index < -0.39 is 6.10 Å². The zero-order chi connectivity index (χ0) is 18.2. The number of aliphatic hydroxyl groups excluding tert-OH is 1. The number of anilines is 1. The number of hydrogen-bond acceptors (Lipinski definition) is 4. The molecule has 2 amide bonds. The molecule has 2 aromatic rings. The van der Waals surface area contributed by atoms with E-state index in [1.54, 1.807) is 6.33 Å². The van der Waals surface area contributed by atoms with Crippen LogP contribution in [0.3, 0.4) is 0 Å². The summed E-state index contributed by atoms with van der Waals surface area (Å²) in [4.78, 5) is 12.2. The average molecular weight is 345 g/mol. The predicted octanol–water partition coefficient (Wildman–Crippen LogP) is 2.88. The van der Waals surface area contributed by atoms with Gasteiger partial charge in [-0.25, -0.2) is 4.79 Å². The van der Waals surface area contributed by atoms with Gasteiger partial charge < -0.3 is 20.3 Å². The summed E-state index contributed by atoms with van der Waals surface area (Å²) >= 11 is 0. The van der Waals surface area contributed by atoms with Crippen molar-refractivity contribution in [1.82, 2.24) is 20.1 Å². The molecule has 0 aliphatic carbocycles. The van der Waals surface area contributed by atoms with Crippen molar-refractivity contribution < 1.29 is 9.90 Å². The minimum Gasteiger partial charge on any atom is -0.391 e. The lowest BCUT2D eigenvalue weighted by molar-refractivity contribution is 0.104. The van der Waals surface area contributed by atoms with Crippen LogP contribution in [0.15, 0.2) is 30.6 Å². The van der Waals surface area contributed by atoms with Crippen molar-refractivity contribution in [3.05, 3.63) is 30.6 Å². The van der Waals surface area contributed by atoms with Crippen molar-refractivity contribution in [2.75, 3.05) is 11.9 Å². The third-order valence-electron chi connectivity index (χ3n) is 4.44. The van der Waals surface area contributed by atoms with E-state index in [4.69, 9.17) is 0 Å². The molecular weight excluding hydrogens is 318 g/mol. The Hall–Kier alpha value is -2.41. The van der Waals surface area contributed by atoms with Crippen molar-refractivity contribution in [3.63, 3.8) is 0 Å². The van der Waals surface area contributed by atoms with E-state index >= 15 is 0 Å². The van der Waals surface area contributed by atoms with Gasteiger partial charge in [0.15, 0.2) is 5.82 Å². The SMILES string of the molecule is CCC(CC)C(O)CNC(=O)Nc1ccccc1-c1nncn1CC. The molecule has 0 saturated heterocycles.